The molecular weight excluding hydrogens is 218 g/mol. The number of ether oxygens (including phenoxy) is 3. The lowest BCUT2D eigenvalue weighted by molar-refractivity contribution is -0.0748. The predicted molar refractivity (Wildman–Crippen MR) is 68.3 cm³/mol. The zero-order valence-electron chi connectivity index (χ0n) is 11.4. The van der Waals surface area contributed by atoms with Crippen LogP contribution in [0.4, 0.5) is 0 Å². The van der Waals surface area contributed by atoms with Crippen molar-refractivity contribution in [3.05, 3.63) is 0 Å². The number of morpholine rings is 1. The van der Waals surface area contributed by atoms with Crippen LogP contribution in [0, 0.1) is 5.92 Å². The number of hydrogen-bond donors (Lipinski definition) is 1. The predicted octanol–water partition coefficient (Wildman–Crippen LogP) is 1.44. The van der Waals surface area contributed by atoms with Gasteiger partial charge in [0, 0.05) is 19.7 Å². The molecule has 2 unspecified atom stereocenters. The van der Waals surface area contributed by atoms with Gasteiger partial charge >= 0.3 is 0 Å². The topological polar surface area (TPSA) is 39.7 Å². The maximum atomic E-state index is 5.72. The monoisotopic (exact) mass is 245 g/mol. The Bertz CT molecular complexity index is 188. The van der Waals surface area contributed by atoms with Crippen LogP contribution in [0.5, 0.6) is 0 Å². The van der Waals surface area contributed by atoms with Gasteiger partial charge in [0.1, 0.15) is 0 Å². The van der Waals surface area contributed by atoms with E-state index in [0.717, 1.165) is 26.1 Å². The number of nitrogens with one attached hydrogen (secondary N) is 1. The van der Waals surface area contributed by atoms with Gasteiger partial charge in [-0.1, -0.05) is 13.8 Å². The third kappa shape index (κ3) is 7.71. The minimum atomic E-state index is 0.189. The SMILES string of the molecule is CC(C)CCOCCOCC1CNCC(C)O1. The fourth-order valence-electron chi connectivity index (χ4n) is 1.72. The summed E-state index contributed by atoms with van der Waals surface area (Å²) in [6.45, 7) is 11.1. The molecule has 0 aromatic carbocycles. The van der Waals surface area contributed by atoms with E-state index in [9.17, 15) is 0 Å². The first-order chi connectivity index (χ1) is 8.18. The Labute approximate surface area is 105 Å². The second-order valence-electron chi connectivity index (χ2n) is 5.10. The first kappa shape index (κ1) is 14.9. The smallest absolute Gasteiger partial charge is 0.0936 e. The normalized spacial score (nSPS) is 25.4. The van der Waals surface area contributed by atoms with E-state index < -0.39 is 0 Å². The minimum Gasteiger partial charge on any atom is -0.379 e. The number of hydrogen-bond acceptors (Lipinski definition) is 4. The van der Waals surface area contributed by atoms with Crippen LogP contribution in [0.25, 0.3) is 0 Å². The van der Waals surface area contributed by atoms with Crippen molar-refractivity contribution in [2.45, 2.75) is 39.4 Å². The van der Waals surface area contributed by atoms with Crippen molar-refractivity contribution in [1.82, 2.24) is 5.32 Å². The highest BCUT2D eigenvalue weighted by Crippen LogP contribution is 2.03. The third-order valence-electron chi connectivity index (χ3n) is 2.74. The van der Waals surface area contributed by atoms with Crippen LogP contribution < -0.4 is 5.32 Å². The second kappa shape index (κ2) is 8.86. The van der Waals surface area contributed by atoms with Crippen molar-refractivity contribution in [2.24, 2.45) is 5.92 Å². The van der Waals surface area contributed by atoms with Gasteiger partial charge in [0.05, 0.1) is 32.0 Å². The molecule has 17 heavy (non-hydrogen) atoms. The van der Waals surface area contributed by atoms with Crippen molar-refractivity contribution >= 4 is 0 Å². The first-order valence-electron chi connectivity index (χ1n) is 6.70. The standard InChI is InChI=1S/C13H27NO3/c1-11(2)4-5-15-6-7-16-10-13-9-14-8-12(3)17-13/h11-14H,4-10H2,1-3H3. The van der Waals surface area contributed by atoms with E-state index in [-0.39, 0.29) is 6.10 Å². The van der Waals surface area contributed by atoms with Crippen LogP contribution in [0.3, 0.4) is 0 Å². The number of rotatable bonds is 8. The summed E-state index contributed by atoms with van der Waals surface area (Å²) in [4.78, 5) is 0. The van der Waals surface area contributed by atoms with Gasteiger partial charge < -0.3 is 19.5 Å². The highest BCUT2D eigenvalue weighted by atomic mass is 16.6. The summed E-state index contributed by atoms with van der Waals surface area (Å²) in [5.74, 6) is 0.708. The molecule has 1 aliphatic heterocycles. The molecule has 1 aliphatic rings. The first-order valence-corrected chi connectivity index (χ1v) is 6.70. The molecule has 1 fully saturated rings. The van der Waals surface area contributed by atoms with Crippen molar-refractivity contribution in [2.75, 3.05) is 39.5 Å². The molecule has 0 amide bonds. The van der Waals surface area contributed by atoms with E-state index in [1.54, 1.807) is 0 Å². The van der Waals surface area contributed by atoms with E-state index in [1.165, 1.54) is 0 Å². The quantitative estimate of drug-likeness (QED) is 0.657. The maximum absolute atomic E-state index is 5.72. The molecule has 102 valence electrons. The molecule has 0 saturated carbocycles. The molecule has 4 nitrogen and oxygen atoms in total. The molecule has 1 rings (SSSR count). The summed E-state index contributed by atoms with van der Waals surface area (Å²) < 4.78 is 16.7. The zero-order chi connectivity index (χ0) is 12.5. The molecule has 0 aliphatic carbocycles. The lowest BCUT2D eigenvalue weighted by Gasteiger charge is -2.28. The van der Waals surface area contributed by atoms with Gasteiger partial charge in [0.15, 0.2) is 0 Å². The van der Waals surface area contributed by atoms with Crippen molar-refractivity contribution in [3.8, 4) is 0 Å². The van der Waals surface area contributed by atoms with Crippen LogP contribution in [-0.2, 0) is 14.2 Å². The fraction of sp³-hybridized carbons (Fsp3) is 1.00. The fourth-order valence-corrected chi connectivity index (χ4v) is 1.72. The lowest BCUT2D eigenvalue weighted by Crippen LogP contribution is -2.45. The molecule has 0 aromatic rings. The van der Waals surface area contributed by atoms with E-state index >= 15 is 0 Å². The summed E-state index contributed by atoms with van der Waals surface area (Å²) in [6, 6.07) is 0. The molecule has 1 saturated heterocycles. The van der Waals surface area contributed by atoms with E-state index in [4.69, 9.17) is 14.2 Å². The van der Waals surface area contributed by atoms with E-state index in [0.29, 0.717) is 31.8 Å². The van der Waals surface area contributed by atoms with Crippen molar-refractivity contribution < 1.29 is 14.2 Å². The van der Waals surface area contributed by atoms with Crippen LogP contribution in [0.2, 0.25) is 0 Å². The van der Waals surface area contributed by atoms with Gasteiger partial charge in [-0.25, -0.2) is 0 Å². The minimum absolute atomic E-state index is 0.189. The lowest BCUT2D eigenvalue weighted by atomic mass is 10.1. The van der Waals surface area contributed by atoms with Crippen LogP contribution in [-0.4, -0.2) is 51.7 Å². The van der Waals surface area contributed by atoms with Gasteiger partial charge in [-0.15, -0.1) is 0 Å². The molecule has 1 N–H and O–H groups in total. The zero-order valence-corrected chi connectivity index (χ0v) is 11.4. The molecule has 2 atom stereocenters. The highest BCUT2D eigenvalue weighted by molar-refractivity contribution is 4.71. The van der Waals surface area contributed by atoms with Crippen molar-refractivity contribution in [1.29, 1.82) is 0 Å². The Morgan fingerprint density at radius 1 is 1.18 bits per heavy atom. The third-order valence-corrected chi connectivity index (χ3v) is 2.74. The summed E-state index contributed by atoms with van der Waals surface area (Å²) in [6.07, 6.45) is 1.60. The Kier molecular flexibility index (Phi) is 7.77. The highest BCUT2D eigenvalue weighted by Gasteiger charge is 2.18. The van der Waals surface area contributed by atoms with Crippen LogP contribution >= 0.6 is 0 Å². The average Bonchev–Trinajstić information content (AvgIpc) is 2.27. The molecule has 0 radical (unpaired) electrons. The Morgan fingerprint density at radius 3 is 2.65 bits per heavy atom. The Hall–Kier alpha value is -0.160. The van der Waals surface area contributed by atoms with Gasteiger partial charge in [0.25, 0.3) is 0 Å². The molecule has 0 aromatic heterocycles. The Morgan fingerprint density at radius 2 is 1.94 bits per heavy atom. The van der Waals surface area contributed by atoms with Crippen LogP contribution in [0.15, 0.2) is 0 Å². The second-order valence-corrected chi connectivity index (χ2v) is 5.10. The van der Waals surface area contributed by atoms with Crippen LogP contribution in [0.1, 0.15) is 27.2 Å². The molecule has 1 heterocycles. The van der Waals surface area contributed by atoms with Gasteiger partial charge in [-0.3, -0.25) is 0 Å². The average molecular weight is 245 g/mol. The molecule has 0 bridgehead atoms. The summed E-state index contributed by atoms with van der Waals surface area (Å²) in [7, 11) is 0. The van der Waals surface area contributed by atoms with Gasteiger partial charge in [0.2, 0.25) is 0 Å². The van der Waals surface area contributed by atoms with Crippen molar-refractivity contribution in [3.63, 3.8) is 0 Å². The Balaban J connectivity index is 1.86. The summed E-state index contributed by atoms with van der Waals surface area (Å²) in [5.41, 5.74) is 0. The summed E-state index contributed by atoms with van der Waals surface area (Å²) >= 11 is 0. The van der Waals surface area contributed by atoms with E-state index in [2.05, 4.69) is 26.1 Å². The summed E-state index contributed by atoms with van der Waals surface area (Å²) in [5, 5.41) is 3.32. The van der Waals surface area contributed by atoms with Gasteiger partial charge in [-0.05, 0) is 19.3 Å². The molecule has 0 spiro atoms. The maximum Gasteiger partial charge on any atom is 0.0936 e. The van der Waals surface area contributed by atoms with E-state index in [1.807, 2.05) is 0 Å². The largest absolute Gasteiger partial charge is 0.379 e. The molecular formula is C13H27NO3. The van der Waals surface area contributed by atoms with Gasteiger partial charge in [-0.2, -0.15) is 0 Å². The molecule has 4 heteroatoms.